The number of alkyl halides is 2. The van der Waals surface area contributed by atoms with E-state index in [1.54, 1.807) is 35.4 Å². The molecule has 1 spiro atoms. The zero-order chi connectivity index (χ0) is 45.0. The van der Waals surface area contributed by atoms with Crippen molar-refractivity contribution in [3.05, 3.63) is 83.6 Å². The summed E-state index contributed by atoms with van der Waals surface area (Å²) in [5, 5.41) is 14.8. The molecule has 4 heterocycles. The van der Waals surface area contributed by atoms with E-state index in [9.17, 15) is 9.59 Å². The van der Waals surface area contributed by atoms with Crippen LogP contribution in [0.2, 0.25) is 0 Å². The van der Waals surface area contributed by atoms with Crippen molar-refractivity contribution in [1.29, 1.82) is 0 Å². The smallest absolute Gasteiger partial charge is 0.414 e. The van der Waals surface area contributed by atoms with E-state index < -0.39 is 29.1 Å². The number of carbonyl (C=O) groups is 4. The highest BCUT2D eigenvalue weighted by Gasteiger charge is 2.55. The maximum absolute atomic E-state index is 16.5. The van der Waals surface area contributed by atoms with Gasteiger partial charge in [0.15, 0.2) is 0 Å². The molecular formula is C47H50F2N6O8. The van der Waals surface area contributed by atoms with Crippen LogP contribution in [-0.4, -0.2) is 87.9 Å². The second-order valence-electron chi connectivity index (χ2n) is 19.6. The summed E-state index contributed by atoms with van der Waals surface area (Å²) in [5.74, 6) is -5.21. The number of halogens is 2. The van der Waals surface area contributed by atoms with Crippen molar-refractivity contribution in [2.75, 3.05) is 6.54 Å². The largest absolute Gasteiger partial charge is 0.473 e. The Morgan fingerprint density at radius 1 is 0.778 bits per heavy atom. The molecule has 2 aromatic heterocycles. The highest BCUT2D eigenvalue weighted by Crippen LogP contribution is 2.59. The van der Waals surface area contributed by atoms with E-state index in [2.05, 4.69) is 15.0 Å². The van der Waals surface area contributed by atoms with E-state index in [0.717, 1.165) is 60.9 Å². The summed E-state index contributed by atoms with van der Waals surface area (Å²) >= 11 is 0. The maximum atomic E-state index is 16.5. The fourth-order valence-corrected chi connectivity index (χ4v) is 9.84. The fraction of sp³-hybridized carbons (Fsp3) is 0.447. The summed E-state index contributed by atoms with van der Waals surface area (Å²) in [4.78, 5) is 64.8. The third-order valence-corrected chi connectivity index (χ3v) is 12.8. The standard InChI is InChI=1S/C45H48F2N6O4.C2H2O4/c1-42(2,3)56-40(54)52-23-44(15-16-44)21-36(52)38-48-22-35(51-38)26-9-13-30-29-12-8-24(18-31(29)45(46,47)32(30)19-26)25-10-14-33-34(20-25)50-39(49-33)37-27-7-11-28(17-27)53(37)41(55)57-43(4,5)6;3-1(4)2(5)6/h8-10,12-14,18-20,22,27-28,36-37H,7,11,15-17,21,23H2,1-6H3,(H,48,51)(H,49,50);(H,3,4)(H,5,6)/t27-,28+,36-,37-;/m0./s1. The fourth-order valence-electron chi connectivity index (χ4n) is 9.84. The third-order valence-electron chi connectivity index (χ3n) is 12.8. The molecule has 2 saturated carbocycles. The van der Waals surface area contributed by atoms with Crippen LogP contribution in [-0.2, 0) is 25.0 Å². The van der Waals surface area contributed by atoms with Crippen LogP contribution in [0.25, 0.3) is 44.5 Å². The van der Waals surface area contributed by atoms with E-state index in [0.29, 0.717) is 46.2 Å². The number of carbonyl (C=O) groups excluding carboxylic acids is 2. The molecule has 2 aliphatic heterocycles. The van der Waals surface area contributed by atoms with Crippen molar-refractivity contribution in [1.82, 2.24) is 29.7 Å². The topological polar surface area (TPSA) is 191 Å². The molecule has 4 fully saturated rings. The number of fused-ring (bicyclic) bond motifs is 6. The van der Waals surface area contributed by atoms with Gasteiger partial charge in [0.25, 0.3) is 5.92 Å². The molecular weight excluding hydrogens is 815 g/mol. The van der Waals surface area contributed by atoms with Gasteiger partial charge < -0.3 is 29.7 Å². The van der Waals surface area contributed by atoms with Gasteiger partial charge in [-0.2, -0.15) is 8.78 Å². The monoisotopic (exact) mass is 864 g/mol. The summed E-state index contributed by atoms with van der Waals surface area (Å²) in [5.41, 5.74) is 4.02. The van der Waals surface area contributed by atoms with Crippen LogP contribution in [0, 0.1) is 11.3 Å². The number of aromatic nitrogens is 4. The van der Waals surface area contributed by atoms with Gasteiger partial charge in [-0.1, -0.05) is 30.3 Å². The number of benzene rings is 3. The number of H-pyrrole nitrogens is 2. The van der Waals surface area contributed by atoms with Crippen LogP contribution in [0.1, 0.15) is 115 Å². The van der Waals surface area contributed by atoms with Crippen LogP contribution in [0.4, 0.5) is 18.4 Å². The van der Waals surface area contributed by atoms with E-state index >= 15 is 8.78 Å². The molecule has 4 atom stereocenters. The SMILES string of the molecule is CC(C)(C)OC(=O)N1CC2(CC2)C[C@H]1c1ncc(-c2ccc3c(c2)C(F)(F)c2cc(-c4ccc5nc([C@@H]6[C@H]7CC[C@H](C7)N6C(=O)OC(C)(C)C)[nH]c5c4)ccc2-3)[nH]1.O=C(O)C(=O)O. The lowest BCUT2D eigenvalue weighted by atomic mass is 9.98. The zero-order valence-corrected chi connectivity index (χ0v) is 35.9. The number of carboxylic acid groups (broad SMARTS) is 2. The van der Waals surface area contributed by atoms with E-state index in [1.807, 2.05) is 76.8 Å². The molecule has 0 unspecified atom stereocenters. The number of aromatic amines is 2. The Kier molecular flexibility index (Phi) is 9.75. The Morgan fingerprint density at radius 3 is 2.02 bits per heavy atom. The summed E-state index contributed by atoms with van der Waals surface area (Å²) in [6, 6.07) is 15.9. The van der Waals surface area contributed by atoms with E-state index in [-0.39, 0.29) is 46.9 Å². The van der Waals surface area contributed by atoms with Crippen molar-refractivity contribution in [2.24, 2.45) is 11.3 Å². The minimum atomic E-state index is -3.23. The molecule has 2 saturated heterocycles. The van der Waals surface area contributed by atoms with Gasteiger partial charge in [0.05, 0.1) is 35.0 Å². The molecule has 5 aliphatic rings. The number of hydrogen-bond acceptors (Lipinski definition) is 8. The van der Waals surface area contributed by atoms with Crippen molar-refractivity contribution in [2.45, 2.75) is 115 Å². The molecule has 4 N–H and O–H groups in total. The molecule has 63 heavy (non-hydrogen) atoms. The van der Waals surface area contributed by atoms with Gasteiger partial charge in [-0.25, -0.2) is 29.1 Å². The molecule has 10 rings (SSSR count). The number of nitrogens with one attached hydrogen (secondary N) is 2. The van der Waals surface area contributed by atoms with Gasteiger partial charge in [0, 0.05) is 29.3 Å². The number of ether oxygens (including phenoxy) is 2. The quantitative estimate of drug-likeness (QED) is 0.127. The second-order valence-corrected chi connectivity index (χ2v) is 19.6. The highest BCUT2D eigenvalue weighted by atomic mass is 19.3. The van der Waals surface area contributed by atoms with Gasteiger partial charge in [0.2, 0.25) is 0 Å². The van der Waals surface area contributed by atoms with Gasteiger partial charge in [-0.05, 0) is 138 Å². The molecule has 14 nitrogen and oxygen atoms in total. The number of rotatable bonds is 4. The number of hydrogen-bond donors (Lipinski definition) is 4. The van der Waals surface area contributed by atoms with Crippen molar-refractivity contribution in [3.8, 4) is 33.5 Å². The summed E-state index contributed by atoms with van der Waals surface area (Å²) in [6.07, 6.45) is 6.83. The van der Waals surface area contributed by atoms with Gasteiger partial charge in [-0.3, -0.25) is 9.80 Å². The summed E-state index contributed by atoms with van der Waals surface area (Å²) < 4.78 is 44.5. The molecule has 2 bridgehead atoms. The van der Waals surface area contributed by atoms with Crippen LogP contribution >= 0.6 is 0 Å². The van der Waals surface area contributed by atoms with Crippen molar-refractivity contribution >= 4 is 35.2 Å². The van der Waals surface area contributed by atoms with Crippen LogP contribution < -0.4 is 0 Å². The first-order valence-corrected chi connectivity index (χ1v) is 21.3. The molecule has 3 aromatic carbocycles. The minimum absolute atomic E-state index is 0.0356. The lowest BCUT2D eigenvalue weighted by Crippen LogP contribution is -2.43. The number of piperidine rings is 1. The average Bonchev–Trinajstić information content (AvgIpc) is 3.85. The van der Waals surface area contributed by atoms with Gasteiger partial charge >= 0.3 is 24.1 Å². The van der Waals surface area contributed by atoms with Gasteiger partial charge in [-0.15, -0.1) is 0 Å². The normalized spacial score (nSPS) is 22.4. The zero-order valence-electron chi connectivity index (χ0n) is 35.9. The predicted molar refractivity (Wildman–Crippen MR) is 227 cm³/mol. The van der Waals surface area contributed by atoms with Crippen molar-refractivity contribution in [3.63, 3.8) is 0 Å². The third kappa shape index (κ3) is 7.77. The number of likely N-dealkylation sites (tertiary alicyclic amines) is 2. The van der Waals surface area contributed by atoms with Crippen LogP contribution in [0.15, 0.2) is 60.8 Å². The number of carboxylic acids is 2. The Morgan fingerprint density at radius 2 is 1.38 bits per heavy atom. The van der Waals surface area contributed by atoms with E-state index in [4.69, 9.17) is 34.3 Å². The highest BCUT2D eigenvalue weighted by molar-refractivity contribution is 6.27. The molecule has 2 amide bonds. The number of amides is 2. The maximum Gasteiger partial charge on any atom is 0.414 e. The Labute approximate surface area is 362 Å². The van der Waals surface area contributed by atoms with Gasteiger partial charge in [0.1, 0.15) is 22.9 Å². The molecule has 330 valence electrons. The average molecular weight is 865 g/mol. The Bertz CT molecular complexity index is 2680. The van der Waals surface area contributed by atoms with Crippen molar-refractivity contribution < 1.29 is 47.6 Å². The Hall–Kier alpha value is -6.32. The molecule has 3 aliphatic carbocycles. The van der Waals surface area contributed by atoms with E-state index in [1.165, 1.54) is 0 Å². The first-order valence-electron chi connectivity index (χ1n) is 21.3. The number of nitrogens with zero attached hydrogens (tertiary/aromatic N) is 4. The number of imidazole rings is 2. The molecule has 16 heteroatoms. The number of aliphatic carboxylic acids is 2. The first-order chi connectivity index (χ1) is 29.6. The van der Waals surface area contributed by atoms with Crippen LogP contribution in [0.5, 0.6) is 0 Å². The predicted octanol–water partition coefficient (Wildman–Crippen LogP) is 9.82. The Balaban J connectivity index is 0.000000787. The molecule has 0 radical (unpaired) electrons. The second kappa shape index (κ2) is 14.6. The van der Waals surface area contributed by atoms with Crippen LogP contribution in [0.3, 0.4) is 0 Å². The first kappa shape index (κ1) is 42.0. The summed E-state index contributed by atoms with van der Waals surface area (Å²) in [7, 11) is 0. The minimum Gasteiger partial charge on any atom is -0.473 e. The lowest BCUT2D eigenvalue weighted by Gasteiger charge is -2.35. The molecule has 5 aromatic rings. The lowest BCUT2D eigenvalue weighted by molar-refractivity contribution is -0.159. The summed E-state index contributed by atoms with van der Waals surface area (Å²) in [6.45, 7) is 11.8.